The van der Waals surface area contributed by atoms with Crippen molar-refractivity contribution < 1.29 is 58.2 Å². The molecule has 450 valence electrons. The summed E-state index contributed by atoms with van der Waals surface area (Å²) in [6, 6.07) is 0. The number of carbonyl (C=O) groups excluding carboxylic acids is 3. The number of allylic oxidation sites excluding steroid dienone is 16. The van der Waals surface area contributed by atoms with Crippen molar-refractivity contribution in [2.24, 2.45) is 0 Å². The van der Waals surface area contributed by atoms with Crippen molar-refractivity contribution in [3.63, 3.8) is 0 Å². The third-order valence-corrected chi connectivity index (χ3v) is 13.7. The van der Waals surface area contributed by atoms with Crippen LogP contribution in [-0.4, -0.2) is 89.2 Å². The molecule has 1 rings (SSSR count). The van der Waals surface area contributed by atoms with E-state index in [1.165, 1.54) is 83.5 Å². The van der Waals surface area contributed by atoms with Gasteiger partial charge in [0, 0.05) is 19.3 Å². The van der Waals surface area contributed by atoms with Crippen molar-refractivity contribution in [1.29, 1.82) is 0 Å². The van der Waals surface area contributed by atoms with E-state index >= 15 is 0 Å². The van der Waals surface area contributed by atoms with Crippen LogP contribution in [-0.2, 0) is 42.9 Å². The van der Waals surface area contributed by atoms with Crippen molar-refractivity contribution in [2.45, 2.75) is 289 Å². The average molecular weight is 1110 g/mol. The number of hydrogen-bond donors (Lipinski definition) is 3. The third kappa shape index (κ3) is 44.0. The predicted octanol–water partition coefficient (Wildman–Crippen LogP) is 16.5. The van der Waals surface area contributed by atoms with E-state index in [1.54, 1.807) is 0 Å². The molecular formula is C67H110O12. The van der Waals surface area contributed by atoms with Crippen LogP contribution in [0.5, 0.6) is 0 Å². The molecule has 6 unspecified atom stereocenters. The fourth-order valence-electron chi connectivity index (χ4n) is 8.95. The van der Waals surface area contributed by atoms with E-state index in [2.05, 4.69) is 106 Å². The summed E-state index contributed by atoms with van der Waals surface area (Å²) in [6.07, 6.45) is 59.5. The van der Waals surface area contributed by atoms with Gasteiger partial charge in [0.2, 0.25) is 0 Å². The van der Waals surface area contributed by atoms with Crippen LogP contribution < -0.4 is 0 Å². The lowest BCUT2D eigenvalue weighted by Crippen LogP contribution is -2.61. The van der Waals surface area contributed by atoms with Crippen LogP contribution in [0.25, 0.3) is 0 Å². The minimum Gasteiger partial charge on any atom is -0.479 e. The van der Waals surface area contributed by atoms with Crippen molar-refractivity contribution >= 4 is 23.9 Å². The Morgan fingerprint density at radius 1 is 0.430 bits per heavy atom. The summed E-state index contributed by atoms with van der Waals surface area (Å²) >= 11 is 0. The maximum atomic E-state index is 13.2. The van der Waals surface area contributed by atoms with Gasteiger partial charge in [0.15, 0.2) is 24.6 Å². The molecule has 12 heteroatoms. The monoisotopic (exact) mass is 1110 g/mol. The fraction of sp³-hybridized carbons (Fsp3) is 0.701. The summed E-state index contributed by atoms with van der Waals surface area (Å²) in [6.45, 7) is 5.75. The number of esters is 3. The highest BCUT2D eigenvalue weighted by Crippen LogP contribution is 2.26. The van der Waals surface area contributed by atoms with Gasteiger partial charge in [0.05, 0.1) is 6.61 Å². The molecule has 0 radical (unpaired) electrons. The van der Waals surface area contributed by atoms with Crippen molar-refractivity contribution in [3.8, 4) is 0 Å². The van der Waals surface area contributed by atoms with Gasteiger partial charge in [-0.15, -0.1) is 0 Å². The van der Waals surface area contributed by atoms with E-state index in [0.29, 0.717) is 25.7 Å². The molecule has 3 N–H and O–H groups in total. The SMILES string of the molecule is CC/C=C\C/C=C\C/C=C\C/C=C\C/C=C\CCCC(=O)OC1C(OCC(COC(=O)CCCCCCCCCCCCCCCCCCC)OC(=O)CCCCCCC/C=C\C/C=C\C/C=C\CC)OC(C(=O)O)C(O)C1O. The minimum absolute atomic E-state index is 0.0230. The number of unbranched alkanes of at least 4 members (excludes halogenated alkanes) is 22. The number of aliphatic carboxylic acids is 1. The number of carboxylic acid groups (broad SMARTS) is 1. The maximum absolute atomic E-state index is 13.2. The molecule has 0 aromatic carbocycles. The summed E-state index contributed by atoms with van der Waals surface area (Å²) in [5, 5.41) is 31.5. The van der Waals surface area contributed by atoms with Gasteiger partial charge < -0.3 is 39.0 Å². The lowest BCUT2D eigenvalue weighted by molar-refractivity contribution is -0.301. The number of hydrogen-bond acceptors (Lipinski definition) is 11. The van der Waals surface area contributed by atoms with E-state index in [1.807, 2.05) is 12.2 Å². The lowest BCUT2D eigenvalue weighted by Gasteiger charge is -2.40. The van der Waals surface area contributed by atoms with Crippen LogP contribution in [0.2, 0.25) is 0 Å². The van der Waals surface area contributed by atoms with Gasteiger partial charge in [-0.05, 0) is 89.9 Å². The number of rotatable bonds is 52. The van der Waals surface area contributed by atoms with Gasteiger partial charge in [-0.3, -0.25) is 14.4 Å². The van der Waals surface area contributed by atoms with Crippen LogP contribution >= 0.6 is 0 Å². The molecule has 0 amide bonds. The summed E-state index contributed by atoms with van der Waals surface area (Å²) in [5.74, 6) is -3.22. The second-order valence-corrected chi connectivity index (χ2v) is 20.9. The van der Waals surface area contributed by atoms with Gasteiger partial charge in [0.1, 0.15) is 18.8 Å². The number of ether oxygens (including phenoxy) is 5. The summed E-state index contributed by atoms with van der Waals surface area (Å²) in [5.41, 5.74) is 0. The molecule has 0 aromatic rings. The molecule has 1 aliphatic heterocycles. The normalized spacial score (nSPS) is 18.5. The van der Waals surface area contributed by atoms with Gasteiger partial charge >= 0.3 is 23.9 Å². The molecule has 0 spiro atoms. The summed E-state index contributed by atoms with van der Waals surface area (Å²) in [4.78, 5) is 51.2. The zero-order valence-electron chi connectivity index (χ0n) is 49.6. The maximum Gasteiger partial charge on any atom is 0.335 e. The van der Waals surface area contributed by atoms with E-state index < -0.39 is 67.3 Å². The molecule has 1 saturated heterocycles. The molecule has 1 fully saturated rings. The van der Waals surface area contributed by atoms with E-state index in [-0.39, 0.29) is 25.9 Å². The van der Waals surface area contributed by atoms with E-state index in [4.69, 9.17) is 23.7 Å². The van der Waals surface area contributed by atoms with Crippen LogP contribution in [0, 0.1) is 0 Å². The third-order valence-electron chi connectivity index (χ3n) is 13.7. The molecule has 0 saturated carbocycles. The molecule has 0 bridgehead atoms. The summed E-state index contributed by atoms with van der Waals surface area (Å²) < 4.78 is 28.4. The number of aliphatic hydroxyl groups excluding tert-OH is 2. The van der Waals surface area contributed by atoms with Crippen molar-refractivity contribution in [2.75, 3.05) is 13.2 Å². The second-order valence-electron chi connectivity index (χ2n) is 20.9. The Bertz CT molecular complexity index is 1740. The van der Waals surface area contributed by atoms with Gasteiger partial charge in [-0.1, -0.05) is 240 Å². The molecule has 0 aliphatic carbocycles. The zero-order valence-corrected chi connectivity index (χ0v) is 49.6. The zero-order chi connectivity index (χ0) is 57.5. The molecule has 1 aliphatic rings. The first-order valence-electron chi connectivity index (χ1n) is 31.2. The molecule has 0 aromatic heterocycles. The fourth-order valence-corrected chi connectivity index (χ4v) is 8.95. The Morgan fingerprint density at radius 3 is 1.25 bits per heavy atom. The van der Waals surface area contributed by atoms with E-state index in [9.17, 15) is 34.5 Å². The smallest absolute Gasteiger partial charge is 0.335 e. The first kappa shape index (κ1) is 72.7. The standard InChI is InChI=1S/C67H110O12/c1-4-7-10-13-16-19-22-25-28-30-33-35-38-41-44-47-50-53-59(68)75-56-58(77-60(69)54-51-48-45-42-39-36-32-27-24-21-18-15-12-9-6-3)57-76-67-65(63(72)62(71)64(79-67)66(73)74)78-61(70)55-52-49-46-43-40-37-34-31-29-26-23-20-17-14-11-8-5-2/h8-9,11-12,17-18,20-21,26-27,29,32,34,37,43,46,58,62-65,67,71-72H,4-7,10,13-16,19,22-25,28,30-31,33,35-36,38-42,44-45,47-57H2,1-3H3,(H,73,74)/b11-8-,12-9-,20-17-,21-18-,29-26-,32-27-,37-34-,46-43-. The number of carboxylic acids is 1. The highest BCUT2D eigenvalue weighted by Gasteiger charge is 2.50. The van der Waals surface area contributed by atoms with Crippen LogP contribution in [0.3, 0.4) is 0 Å². The summed E-state index contributed by atoms with van der Waals surface area (Å²) in [7, 11) is 0. The minimum atomic E-state index is -1.93. The highest BCUT2D eigenvalue weighted by atomic mass is 16.7. The van der Waals surface area contributed by atoms with Gasteiger partial charge in [-0.25, -0.2) is 4.79 Å². The number of aliphatic hydroxyl groups is 2. The van der Waals surface area contributed by atoms with Crippen molar-refractivity contribution in [1.82, 2.24) is 0 Å². The van der Waals surface area contributed by atoms with Crippen molar-refractivity contribution in [3.05, 3.63) is 97.2 Å². The lowest BCUT2D eigenvalue weighted by atomic mass is 9.98. The van der Waals surface area contributed by atoms with Gasteiger partial charge in [0.25, 0.3) is 0 Å². The first-order valence-corrected chi connectivity index (χ1v) is 31.2. The topological polar surface area (TPSA) is 175 Å². The Labute approximate surface area is 479 Å². The molecule has 1 heterocycles. The Balaban J connectivity index is 2.71. The predicted molar refractivity (Wildman–Crippen MR) is 321 cm³/mol. The van der Waals surface area contributed by atoms with Crippen LogP contribution in [0.15, 0.2) is 97.2 Å². The molecule has 79 heavy (non-hydrogen) atoms. The first-order chi connectivity index (χ1) is 38.6. The molecule has 6 atom stereocenters. The van der Waals surface area contributed by atoms with Crippen LogP contribution in [0.1, 0.15) is 252 Å². The highest BCUT2D eigenvalue weighted by molar-refractivity contribution is 5.74. The average Bonchev–Trinajstić information content (AvgIpc) is 3.43. The number of carbonyl (C=O) groups is 4. The Hall–Kier alpha value is -4.36. The van der Waals surface area contributed by atoms with E-state index in [0.717, 1.165) is 103 Å². The van der Waals surface area contributed by atoms with Gasteiger partial charge in [-0.2, -0.15) is 0 Å². The largest absolute Gasteiger partial charge is 0.479 e. The molecule has 12 nitrogen and oxygen atoms in total. The van der Waals surface area contributed by atoms with Crippen LogP contribution in [0.4, 0.5) is 0 Å². The quantitative estimate of drug-likeness (QED) is 0.0228. The Morgan fingerprint density at radius 2 is 0.810 bits per heavy atom. The Kier molecular flexibility index (Phi) is 49.9. The molecular weight excluding hydrogens is 997 g/mol. The second kappa shape index (κ2) is 54.2.